The van der Waals surface area contributed by atoms with Crippen LogP contribution < -0.4 is 5.73 Å². The van der Waals surface area contributed by atoms with Crippen LogP contribution in [0.15, 0.2) is 18.2 Å². The summed E-state index contributed by atoms with van der Waals surface area (Å²) in [7, 11) is 1.82. The van der Waals surface area contributed by atoms with E-state index in [4.69, 9.17) is 5.73 Å². The van der Waals surface area contributed by atoms with Crippen LogP contribution in [0.1, 0.15) is 34.8 Å². The zero-order valence-electron chi connectivity index (χ0n) is 11.3. The summed E-state index contributed by atoms with van der Waals surface area (Å²) in [6, 6.07) is 5.68. The molecule has 0 fully saturated rings. The quantitative estimate of drug-likeness (QED) is 0.824. The van der Waals surface area contributed by atoms with E-state index in [0.29, 0.717) is 6.54 Å². The monoisotopic (exact) mass is 244 g/mol. The number of nitrogens with two attached hydrogens (primary N) is 1. The molecular weight excluding hydrogens is 224 g/mol. The zero-order chi connectivity index (χ0) is 13.5. The normalized spacial score (nSPS) is 9.56. The van der Waals surface area contributed by atoms with E-state index in [0.717, 1.165) is 29.7 Å². The number of rotatable bonds is 3. The van der Waals surface area contributed by atoms with E-state index in [2.05, 4.69) is 18.8 Å². The Kier molecular flexibility index (Phi) is 5.41. The summed E-state index contributed by atoms with van der Waals surface area (Å²) in [6.07, 6.45) is 0.952. The van der Waals surface area contributed by atoms with Crippen molar-refractivity contribution in [2.24, 2.45) is 5.73 Å². The standard InChI is InChI=1S/C15H20N2O/c1-4-10-17(3)15(18)14-11-13(6-5-9-16)8-7-12(14)2/h7-8,11H,4,9-10,16H2,1-3H3. The lowest BCUT2D eigenvalue weighted by atomic mass is 10.0. The summed E-state index contributed by atoms with van der Waals surface area (Å²) in [5, 5.41) is 0. The molecule has 3 nitrogen and oxygen atoms in total. The van der Waals surface area contributed by atoms with Crippen LogP contribution in [-0.2, 0) is 0 Å². The van der Waals surface area contributed by atoms with Crippen molar-refractivity contribution in [3.05, 3.63) is 34.9 Å². The van der Waals surface area contributed by atoms with Crippen molar-refractivity contribution in [3.63, 3.8) is 0 Å². The first-order valence-electron chi connectivity index (χ1n) is 6.15. The Morgan fingerprint density at radius 3 is 2.78 bits per heavy atom. The molecule has 1 rings (SSSR count). The Hall–Kier alpha value is -1.79. The van der Waals surface area contributed by atoms with Crippen molar-refractivity contribution < 1.29 is 4.79 Å². The minimum Gasteiger partial charge on any atom is -0.342 e. The van der Waals surface area contributed by atoms with Gasteiger partial charge in [-0.15, -0.1) is 0 Å². The average Bonchev–Trinajstić information content (AvgIpc) is 2.37. The van der Waals surface area contributed by atoms with E-state index < -0.39 is 0 Å². The van der Waals surface area contributed by atoms with Crippen molar-refractivity contribution in [2.45, 2.75) is 20.3 Å². The second-order valence-corrected chi connectivity index (χ2v) is 4.26. The fourth-order valence-electron chi connectivity index (χ4n) is 1.73. The van der Waals surface area contributed by atoms with Gasteiger partial charge in [-0.3, -0.25) is 4.79 Å². The SMILES string of the molecule is CCCN(C)C(=O)c1cc(C#CCN)ccc1C. The first-order chi connectivity index (χ1) is 8.60. The smallest absolute Gasteiger partial charge is 0.253 e. The number of hydrogen-bond donors (Lipinski definition) is 1. The second kappa shape index (κ2) is 6.83. The third-order valence-electron chi connectivity index (χ3n) is 2.71. The molecule has 1 amide bonds. The first kappa shape index (κ1) is 14.3. The van der Waals surface area contributed by atoms with Gasteiger partial charge in [-0.2, -0.15) is 0 Å². The lowest BCUT2D eigenvalue weighted by Crippen LogP contribution is -2.28. The highest BCUT2D eigenvalue weighted by atomic mass is 16.2. The number of benzene rings is 1. The summed E-state index contributed by atoms with van der Waals surface area (Å²) in [4.78, 5) is 14.0. The Labute approximate surface area is 109 Å². The van der Waals surface area contributed by atoms with E-state index in [1.165, 1.54) is 0 Å². The molecule has 0 unspecified atom stereocenters. The fourth-order valence-corrected chi connectivity index (χ4v) is 1.73. The highest BCUT2D eigenvalue weighted by Gasteiger charge is 2.13. The number of carbonyl (C=O) groups is 1. The van der Waals surface area contributed by atoms with Crippen LogP contribution in [-0.4, -0.2) is 30.9 Å². The molecule has 0 saturated heterocycles. The third-order valence-corrected chi connectivity index (χ3v) is 2.71. The van der Waals surface area contributed by atoms with Gasteiger partial charge in [-0.05, 0) is 31.0 Å². The predicted octanol–water partition coefficient (Wildman–Crippen LogP) is 1.79. The molecule has 0 radical (unpaired) electrons. The third kappa shape index (κ3) is 3.61. The molecule has 18 heavy (non-hydrogen) atoms. The van der Waals surface area contributed by atoms with E-state index in [-0.39, 0.29) is 5.91 Å². The second-order valence-electron chi connectivity index (χ2n) is 4.26. The fraction of sp³-hybridized carbons (Fsp3) is 0.400. The van der Waals surface area contributed by atoms with Gasteiger partial charge in [0.2, 0.25) is 0 Å². The summed E-state index contributed by atoms with van der Waals surface area (Å²) >= 11 is 0. The Morgan fingerprint density at radius 1 is 1.44 bits per heavy atom. The molecule has 1 aromatic carbocycles. The van der Waals surface area contributed by atoms with Crippen LogP contribution in [0.2, 0.25) is 0 Å². The van der Waals surface area contributed by atoms with Crippen molar-refractivity contribution in [2.75, 3.05) is 20.1 Å². The molecule has 0 bridgehead atoms. The summed E-state index contributed by atoms with van der Waals surface area (Å²) in [5.74, 6) is 5.80. The van der Waals surface area contributed by atoms with Crippen LogP contribution in [0.5, 0.6) is 0 Å². The highest BCUT2D eigenvalue weighted by Crippen LogP contribution is 2.13. The van der Waals surface area contributed by atoms with E-state index in [9.17, 15) is 4.79 Å². The van der Waals surface area contributed by atoms with Gasteiger partial charge in [0.25, 0.3) is 5.91 Å². The van der Waals surface area contributed by atoms with Crippen LogP contribution in [0, 0.1) is 18.8 Å². The minimum absolute atomic E-state index is 0.0470. The molecule has 0 aliphatic rings. The zero-order valence-corrected chi connectivity index (χ0v) is 11.3. The molecule has 0 aliphatic carbocycles. The van der Waals surface area contributed by atoms with E-state index in [1.54, 1.807) is 4.90 Å². The number of aryl methyl sites for hydroxylation is 1. The molecule has 1 aromatic rings. The Bertz CT molecular complexity index is 483. The Morgan fingerprint density at radius 2 is 2.17 bits per heavy atom. The number of hydrogen-bond acceptors (Lipinski definition) is 2. The van der Waals surface area contributed by atoms with Crippen molar-refractivity contribution in [1.82, 2.24) is 4.90 Å². The maximum Gasteiger partial charge on any atom is 0.253 e. The van der Waals surface area contributed by atoms with Crippen molar-refractivity contribution >= 4 is 5.91 Å². The van der Waals surface area contributed by atoms with E-state index >= 15 is 0 Å². The summed E-state index contributed by atoms with van der Waals surface area (Å²) in [6.45, 7) is 5.08. The van der Waals surface area contributed by atoms with Gasteiger partial charge in [0.05, 0.1) is 6.54 Å². The topological polar surface area (TPSA) is 46.3 Å². The van der Waals surface area contributed by atoms with Gasteiger partial charge >= 0.3 is 0 Å². The van der Waals surface area contributed by atoms with Gasteiger partial charge in [0.1, 0.15) is 0 Å². The van der Waals surface area contributed by atoms with Gasteiger partial charge in [-0.1, -0.05) is 24.8 Å². The summed E-state index contributed by atoms with van der Waals surface area (Å²) < 4.78 is 0. The van der Waals surface area contributed by atoms with Gasteiger partial charge in [0.15, 0.2) is 0 Å². The summed E-state index contributed by atoms with van der Waals surface area (Å²) in [5.41, 5.74) is 7.87. The predicted molar refractivity (Wildman–Crippen MR) is 74.4 cm³/mol. The number of carbonyl (C=O) groups excluding carboxylic acids is 1. The molecule has 0 saturated carbocycles. The molecule has 96 valence electrons. The molecular formula is C15H20N2O. The van der Waals surface area contributed by atoms with Gasteiger partial charge < -0.3 is 10.6 Å². The lowest BCUT2D eigenvalue weighted by Gasteiger charge is -2.17. The largest absolute Gasteiger partial charge is 0.342 e. The minimum atomic E-state index is 0.0470. The molecule has 0 atom stereocenters. The molecule has 3 heteroatoms. The molecule has 0 spiro atoms. The first-order valence-corrected chi connectivity index (χ1v) is 6.15. The highest BCUT2D eigenvalue weighted by molar-refractivity contribution is 5.95. The van der Waals surface area contributed by atoms with Crippen molar-refractivity contribution in [1.29, 1.82) is 0 Å². The average molecular weight is 244 g/mol. The lowest BCUT2D eigenvalue weighted by molar-refractivity contribution is 0.0794. The van der Waals surface area contributed by atoms with Crippen LogP contribution in [0.3, 0.4) is 0 Å². The van der Waals surface area contributed by atoms with Crippen molar-refractivity contribution in [3.8, 4) is 11.8 Å². The van der Waals surface area contributed by atoms with Gasteiger partial charge in [0, 0.05) is 24.7 Å². The van der Waals surface area contributed by atoms with Crippen LogP contribution in [0.4, 0.5) is 0 Å². The maximum absolute atomic E-state index is 12.2. The van der Waals surface area contributed by atoms with Crippen LogP contribution in [0.25, 0.3) is 0 Å². The van der Waals surface area contributed by atoms with E-state index in [1.807, 2.05) is 32.2 Å². The Balaban J connectivity index is 3.03. The molecule has 0 heterocycles. The molecule has 2 N–H and O–H groups in total. The maximum atomic E-state index is 12.2. The molecule has 0 aliphatic heterocycles. The molecule has 0 aromatic heterocycles. The van der Waals surface area contributed by atoms with Gasteiger partial charge in [-0.25, -0.2) is 0 Å². The number of nitrogens with zero attached hydrogens (tertiary/aromatic N) is 1. The van der Waals surface area contributed by atoms with Crippen LogP contribution >= 0.6 is 0 Å². The number of amides is 1.